The van der Waals surface area contributed by atoms with Crippen molar-refractivity contribution in [3.63, 3.8) is 0 Å². The largest absolute Gasteiger partial charge is 0.457 e. The second-order valence-corrected chi connectivity index (χ2v) is 16.4. The molecule has 2 aliphatic carbocycles. The molecule has 0 radical (unpaired) electrons. The lowest BCUT2D eigenvalue weighted by Gasteiger charge is -2.08. The van der Waals surface area contributed by atoms with Gasteiger partial charge in [0.25, 0.3) is 0 Å². The van der Waals surface area contributed by atoms with Gasteiger partial charge in [-0.25, -0.2) is 16.8 Å². The predicted octanol–water partition coefficient (Wildman–Crippen LogP) is 7.94. The van der Waals surface area contributed by atoms with Crippen LogP contribution in [0.3, 0.4) is 0 Å². The molecule has 0 spiro atoms. The quantitative estimate of drug-likeness (QED) is 0.141. The van der Waals surface area contributed by atoms with Crippen LogP contribution in [0.5, 0.6) is 23.0 Å². The third-order valence-corrected chi connectivity index (χ3v) is 11.8. The Morgan fingerprint density at radius 3 is 1.25 bits per heavy atom. The van der Waals surface area contributed by atoms with Gasteiger partial charge in [0, 0.05) is 13.0 Å². The minimum absolute atomic E-state index is 0. The average molecular weight is 692 g/mol. The zero-order chi connectivity index (χ0) is 33.4. The molecule has 0 heterocycles. The fraction of sp³-hybridized carbons (Fsp3) is 0.342. The molecular formula is C38H45NO7S2. The van der Waals surface area contributed by atoms with E-state index >= 15 is 0 Å². The number of carbonyl (C=O) groups excluding carboxylic acids is 1. The van der Waals surface area contributed by atoms with E-state index in [1.54, 1.807) is 55.5 Å². The van der Waals surface area contributed by atoms with Crippen molar-refractivity contribution in [3.8, 4) is 23.0 Å². The molecule has 0 amide bonds. The zero-order valence-corrected chi connectivity index (χ0v) is 28.1. The van der Waals surface area contributed by atoms with E-state index in [9.17, 15) is 21.6 Å². The molecule has 48 heavy (non-hydrogen) atoms. The van der Waals surface area contributed by atoms with Crippen molar-refractivity contribution in [1.82, 2.24) is 0 Å². The maximum Gasteiger partial charge on any atom is 0.178 e. The number of aryl methyl sites for hydroxylation is 1. The van der Waals surface area contributed by atoms with Crippen molar-refractivity contribution in [3.05, 3.63) is 108 Å². The number of Topliss-reactive ketones (excluding diaryl/α,β-unsaturated/α-hetero) is 1. The van der Waals surface area contributed by atoms with Gasteiger partial charge < -0.3 is 20.0 Å². The van der Waals surface area contributed by atoms with E-state index in [2.05, 4.69) is 0 Å². The highest BCUT2D eigenvalue weighted by Crippen LogP contribution is 2.34. The number of carbonyl (C=O) groups is 1. The maximum atomic E-state index is 12.2. The highest BCUT2D eigenvalue weighted by Gasteiger charge is 2.30. The normalized spacial score (nSPS) is 14.2. The van der Waals surface area contributed by atoms with Gasteiger partial charge in [-0.05, 0) is 135 Å². The second-order valence-electron chi connectivity index (χ2n) is 12.3. The SMILES string of the molecule is C.CC(=O)CCc1ccc(Oc2ccc(S(=O)(=O)CC3CC3)cc2)cc1.NCc1ccc(Oc2ccc(S(=O)(=O)CC3CC3)cc2)cc1. The first-order chi connectivity index (χ1) is 22.5. The monoisotopic (exact) mass is 691 g/mol. The third-order valence-electron chi connectivity index (χ3n) is 7.99. The van der Waals surface area contributed by atoms with Crippen LogP contribution in [-0.4, -0.2) is 34.1 Å². The Kier molecular flexibility index (Phi) is 12.6. The summed E-state index contributed by atoms with van der Waals surface area (Å²) >= 11 is 0. The summed E-state index contributed by atoms with van der Waals surface area (Å²) in [7, 11) is -6.35. The topological polar surface area (TPSA) is 130 Å². The number of hydrogen-bond donors (Lipinski definition) is 1. The molecule has 4 aromatic rings. The summed E-state index contributed by atoms with van der Waals surface area (Å²) in [5.74, 6) is 3.96. The van der Waals surface area contributed by atoms with E-state index in [0.29, 0.717) is 57.6 Å². The van der Waals surface area contributed by atoms with E-state index in [-0.39, 0.29) is 24.7 Å². The first kappa shape index (κ1) is 36.8. The van der Waals surface area contributed by atoms with Crippen LogP contribution in [0.2, 0.25) is 0 Å². The van der Waals surface area contributed by atoms with Gasteiger partial charge in [-0.15, -0.1) is 0 Å². The summed E-state index contributed by atoms with van der Waals surface area (Å²) < 4.78 is 60.3. The van der Waals surface area contributed by atoms with Gasteiger partial charge in [0.1, 0.15) is 28.8 Å². The number of ketones is 1. The summed E-state index contributed by atoms with van der Waals surface area (Å²) in [5, 5.41) is 0. The summed E-state index contributed by atoms with van der Waals surface area (Å²) in [6, 6.07) is 28.3. The highest BCUT2D eigenvalue weighted by molar-refractivity contribution is 7.91. The third kappa shape index (κ3) is 11.3. The summed E-state index contributed by atoms with van der Waals surface area (Å²) in [5.41, 5.74) is 7.67. The van der Waals surface area contributed by atoms with E-state index < -0.39 is 19.7 Å². The summed E-state index contributed by atoms with van der Waals surface area (Å²) in [6.45, 7) is 2.08. The molecule has 6 rings (SSSR count). The lowest BCUT2D eigenvalue weighted by atomic mass is 10.1. The fourth-order valence-corrected chi connectivity index (χ4v) is 8.22. The van der Waals surface area contributed by atoms with Crippen molar-refractivity contribution >= 4 is 25.5 Å². The Balaban J connectivity index is 0.000000214. The van der Waals surface area contributed by atoms with Crippen molar-refractivity contribution in [2.75, 3.05) is 11.5 Å². The molecule has 0 saturated heterocycles. The van der Waals surface area contributed by atoms with Crippen LogP contribution in [0.1, 0.15) is 57.6 Å². The predicted molar refractivity (Wildman–Crippen MR) is 189 cm³/mol. The molecule has 8 nitrogen and oxygen atoms in total. The number of sulfone groups is 2. The molecule has 0 unspecified atom stereocenters. The molecular weight excluding hydrogens is 647 g/mol. The van der Waals surface area contributed by atoms with E-state index in [4.69, 9.17) is 15.2 Å². The molecule has 0 aromatic heterocycles. The van der Waals surface area contributed by atoms with E-state index in [0.717, 1.165) is 43.2 Å². The Labute approximate surface area is 285 Å². The van der Waals surface area contributed by atoms with Crippen molar-refractivity contribution < 1.29 is 31.1 Å². The van der Waals surface area contributed by atoms with E-state index in [1.165, 1.54) is 0 Å². The van der Waals surface area contributed by atoms with Gasteiger partial charge in [0.15, 0.2) is 19.7 Å². The van der Waals surface area contributed by atoms with Gasteiger partial charge in [0.05, 0.1) is 21.3 Å². The van der Waals surface area contributed by atoms with Gasteiger partial charge >= 0.3 is 0 Å². The van der Waals surface area contributed by atoms with Crippen LogP contribution in [0.15, 0.2) is 107 Å². The average Bonchev–Trinajstić information content (AvgIpc) is 4.00. The maximum absolute atomic E-state index is 12.2. The van der Waals surface area contributed by atoms with Crippen LogP contribution in [0, 0.1) is 11.8 Å². The molecule has 0 atom stereocenters. The van der Waals surface area contributed by atoms with Crippen molar-refractivity contribution in [2.24, 2.45) is 17.6 Å². The molecule has 2 N–H and O–H groups in total. The van der Waals surface area contributed by atoms with Crippen LogP contribution >= 0.6 is 0 Å². The Morgan fingerprint density at radius 1 is 0.604 bits per heavy atom. The van der Waals surface area contributed by atoms with Gasteiger partial charge in [-0.3, -0.25) is 0 Å². The van der Waals surface area contributed by atoms with Crippen LogP contribution in [0.25, 0.3) is 0 Å². The minimum atomic E-state index is -3.19. The molecule has 2 aliphatic rings. The molecule has 2 saturated carbocycles. The Bertz CT molecular complexity index is 1850. The minimum Gasteiger partial charge on any atom is -0.457 e. The van der Waals surface area contributed by atoms with Crippen LogP contribution < -0.4 is 15.2 Å². The first-order valence-electron chi connectivity index (χ1n) is 15.9. The lowest BCUT2D eigenvalue weighted by Crippen LogP contribution is -2.08. The second kappa shape index (κ2) is 16.4. The van der Waals surface area contributed by atoms with Gasteiger partial charge in [-0.2, -0.15) is 0 Å². The summed E-state index contributed by atoms with van der Waals surface area (Å²) in [6.07, 6.45) is 5.35. The highest BCUT2D eigenvalue weighted by atomic mass is 32.2. The standard InChI is InChI=1S/C20H22O4S.C17H19NO3S.CH4/c1-15(21)2-3-16-6-8-18(9-7-16)24-19-10-12-20(13-11-19)25(22,23)14-17-4-5-17;18-11-13-3-5-15(6-4-13)21-16-7-9-17(10-8-16)22(19,20)12-14-1-2-14;/h6-13,17H,2-5,14H2,1H3;3-10,14H,1-2,11-12,18H2;1H4. The number of ether oxygens (including phenoxy) is 2. The van der Waals surface area contributed by atoms with Crippen molar-refractivity contribution in [1.29, 1.82) is 0 Å². The molecule has 256 valence electrons. The molecule has 2 fully saturated rings. The van der Waals surface area contributed by atoms with Crippen LogP contribution in [-0.2, 0) is 37.4 Å². The number of hydrogen-bond acceptors (Lipinski definition) is 8. The fourth-order valence-electron chi connectivity index (χ4n) is 4.82. The number of rotatable bonds is 14. The smallest absolute Gasteiger partial charge is 0.178 e. The number of benzene rings is 4. The summed E-state index contributed by atoms with van der Waals surface area (Å²) in [4.78, 5) is 11.7. The lowest BCUT2D eigenvalue weighted by molar-refractivity contribution is -0.116. The number of nitrogens with two attached hydrogens (primary N) is 1. The molecule has 0 aliphatic heterocycles. The van der Waals surface area contributed by atoms with Gasteiger partial charge in [-0.1, -0.05) is 31.7 Å². The van der Waals surface area contributed by atoms with Gasteiger partial charge in [0.2, 0.25) is 0 Å². The van der Waals surface area contributed by atoms with Crippen molar-refractivity contribution in [2.45, 2.75) is 69.2 Å². The van der Waals surface area contributed by atoms with E-state index in [1.807, 2.05) is 48.5 Å². The van der Waals surface area contributed by atoms with Crippen LogP contribution in [0.4, 0.5) is 0 Å². The Morgan fingerprint density at radius 2 is 0.938 bits per heavy atom. The first-order valence-corrected chi connectivity index (χ1v) is 19.2. The molecule has 10 heteroatoms. The Hall–Kier alpha value is -3.99. The zero-order valence-electron chi connectivity index (χ0n) is 26.5. The molecule has 0 bridgehead atoms. The molecule has 4 aromatic carbocycles.